The summed E-state index contributed by atoms with van der Waals surface area (Å²) >= 11 is 3.44. The van der Waals surface area contributed by atoms with E-state index in [4.69, 9.17) is 4.74 Å². The van der Waals surface area contributed by atoms with Crippen LogP contribution in [-0.4, -0.2) is 25.6 Å². The van der Waals surface area contributed by atoms with Crippen molar-refractivity contribution < 1.29 is 9.53 Å². The summed E-state index contributed by atoms with van der Waals surface area (Å²) in [5, 5.41) is 4.14. The Hall–Kier alpha value is -2.28. The van der Waals surface area contributed by atoms with Crippen LogP contribution in [0.4, 0.5) is 0 Å². The van der Waals surface area contributed by atoms with Gasteiger partial charge in [0.25, 0.3) is 5.78 Å². The van der Waals surface area contributed by atoms with Gasteiger partial charge in [-0.25, -0.2) is 14.3 Å². The molecule has 6 nitrogen and oxygen atoms in total. The predicted octanol–water partition coefficient (Wildman–Crippen LogP) is 3.37. The summed E-state index contributed by atoms with van der Waals surface area (Å²) in [4.78, 5) is 20.7. The number of carbonyl (C=O) groups is 1. The van der Waals surface area contributed by atoms with Crippen LogP contribution < -0.4 is 0 Å². The lowest BCUT2D eigenvalue weighted by Gasteiger charge is -2.13. The van der Waals surface area contributed by atoms with Crippen LogP contribution >= 0.6 is 15.9 Å². The SMILES string of the molecule is CC(C)c1c(C(=O)OCc2ccccc2Br)cnc2ncnn12. The van der Waals surface area contributed by atoms with E-state index in [1.807, 2.05) is 38.1 Å². The molecule has 2 aromatic heterocycles. The summed E-state index contributed by atoms with van der Waals surface area (Å²) in [5.41, 5.74) is 2.05. The normalized spacial score (nSPS) is 11.1. The zero-order valence-corrected chi connectivity index (χ0v) is 14.3. The van der Waals surface area contributed by atoms with Crippen molar-refractivity contribution in [1.82, 2.24) is 19.6 Å². The van der Waals surface area contributed by atoms with Crippen LogP contribution in [0.2, 0.25) is 0 Å². The molecule has 0 saturated carbocycles. The van der Waals surface area contributed by atoms with Gasteiger partial charge in [0.15, 0.2) is 0 Å². The third-order valence-electron chi connectivity index (χ3n) is 3.43. The number of nitrogens with zero attached hydrogens (tertiary/aromatic N) is 4. The first-order chi connectivity index (χ1) is 11.1. The van der Waals surface area contributed by atoms with Crippen LogP contribution in [0.15, 0.2) is 41.3 Å². The minimum Gasteiger partial charge on any atom is -0.457 e. The number of esters is 1. The second-order valence-electron chi connectivity index (χ2n) is 5.35. The van der Waals surface area contributed by atoms with E-state index in [9.17, 15) is 4.79 Å². The van der Waals surface area contributed by atoms with Gasteiger partial charge in [-0.15, -0.1) is 0 Å². The monoisotopic (exact) mass is 374 g/mol. The summed E-state index contributed by atoms with van der Waals surface area (Å²) in [6.07, 6.45) is 2.92. The third kappa shape index (κ3) is 3.10. The lowest BCUT2D eigenvalue weighted by atomic mass is 10.1. The molecule has 0 spiro atoms. The predicted molar refractivity (Wildman–Crippen MR) is 88.1 cm³/mol. The Kier molecular flexibility index (Phi) is 4.38. The average Bonchev–Trinajstić information content (AvgIpc) is 3.01. The minimum atomic E-state index is -0.422. The first-order valence-electron chi connectivity index (χ1n) is 7.17. The Bertz CT molecular complexity index is 860. The molecule has 0 amide bonds. The smallest absolute Gasteiger partial charge is 0.341 e. The number of halogens is 1. The van der Waals surface area contributed by atoms with Gasteiger partial charge in [-0.1, -0.05) is 48.0 Å². The van der Waals surface area contributed by atoms with Gasteiger partial charge in [0.1, 0.15) is 12.9 Å². The Morgan fingerprint density at radius 3 is 2.83 bits per heavy atom. The molecule has 0 unspecified atom stereocenters. The van der Waals surface area contributed by atoms with Crippen LogP contribution in [-0.2, 0) is 11.3 Å². The number of aromatic nitrogens is 4. The fourth-order valence-corrected chi connectivity index (χ4v) is 2.74. The van der Waals surface area contributed by atoms with Gasteiger partial charge in [0.05, 0.1) is 11.3 Å². The van der Waals surface area contributed by atoms with Gasteiger partial charge < -0.3 is 4.74 Å². The molecule has 2 heterocycles. The van der Waals surface area contributed by atoms with Gasteiger partial charge in [-0.05, 0) is 12.0 Å². The molecule has 0 fully saturated rings. The second kappa shape index (κ2) is 6.45. The van der Waals surface area contributed by atoms with Gasteiger partial charge in [-0.2, -0.15) is 10.1 Å². The van der Waals surface area contributed by atoms with E-state index >= 15 is 0 Å². The first kappa shape index (κ1) is 15.6. The zero-order chi connectivity index (χ0) is 16.4. The maximum Gasteiger partial charge on any atom is 0.341 e. The number of hydrogen-bond acceptors (Lipinski definition) is 5. The molecule has 118 valence electrons. The summed E-state index contributed by atoms with van der Waals surface area (Å²) < 4.78 is 7.93. The van der Waals surface area contributed by atoms with Crippen LogP contribution in [0.3, 0.4) is 0 Å². The Morgan fingerprint density at radius 2 is 2.09 bits per heavy atom. The van der Waals surface area contributed by atoms with Crippen molar-refractivity contribution >= 4 is 27.7 Å². The van der Waals surface area contributed by atoms with Crippen molar-refractivity contribution in [2.45, 2.75) is 26.4 Å². The molecule has 0 aliphatic rings. The van der Waals surface area contributed by atoms with E-state index in [2.05, 4.69) is 31.0 Å². The quantitative estimate of drug-likeness (QED) is 0.654. The minimum absolute atomic E-state index is 0.0770. The zero-order valence-electron chi connectivity index (χ0n) is 12.7. The molecule has 0 saturated heterocycles. The topological polar surface area (TPSA) is 69.4 Å². The van der Waals surface area contributed by atoms with E-state index in [0.717, 1.165) is 15.7 Å². The summed E-state index contributed by atoms with van der Waals surface area (Å²) in [7, 11) is 0. The maximum atomic E-state index is 12.5. The molecule has 1 aromatic carbocycles. The summed E-state index contributed by atoms with van der Waals surface area (Å²) in [5.74, 6) is 0.124. The highest BCUT2D eigenvalue weighted by atomic mass is 79.9. The summed E-state index contributed by atoms with van der Waals surface area (Å²) in [6, 6.07) is 7.62. The van der Waals surface area contributed by atoms with Crippen molar-refractivity contribution in [2.24, 2.45) is 0 Å². The number of ether oxygens (including phenoxy) is 1. The van der Waals surface area contributed by atoms with E-state index in [1.54, 1.807) is 4.52 Å². The van der Waals surface area contributed by atoms with E-state index in [1.165, 1.54) is 12.5 Å². The number of rotatable bonds is 4. The molecule has 23 heavy (non-hydrogen) atoms. The van der Waals surface area contributed by atoms with E-state index < -0.39 is 5.97 Å². The number of hydrogen-bond donors (Lipinski definition) is 0. The van der Waals surface area contributed by atoms with Crippen molar-refractivity contribution in [3.63, 3.8) is 0 Å². The summed E-state index contributed by atoms with van der Waals surface area (Å²) in [6.45, 7) is 4.16. The Labute approximate surface area is 141 Å². The lowest BCUT2D eigenvalue weighted by Crippen LogP contribution is -2.14. The van der Waals surface area contributed by atoms with Crippen molar-refractivity contribution in [2.75, 3.05) is 0 Å². The molecule has 0 N–H and O–H groups in total. The van der Waals surface area contributed by atoms with Gasteiger partial charge in [0, 0.05) is 16.2 Å². The molecule has 0 atom stereocenters. The van der Waals surface area contributed by atoms with Gasteiger partial charge in [0.2, 0.25) is 0 Å². The largest absolute Gasteiger partial charge is 0.457 e. The van der Waals surface area contributed by atoms with Gasteiger partial charge >= 0.3 is 5.97 Å². The molecule has 0 bridgehead atoms. The number of benzene rings is 1. The van der Waals surface area contributed by atoms with E-state index in [0.29, 0.717) is 11.3 Å². The third-order valence-corrected chi connectivity index (χ3v) is 4.20. The highest BCUT2D eigenvalue weighted by Crippen LogP contribution is 2.21. The average molecular weight is 375 g/mol. The lowest BCUT2D eigenvalue weighted by molar-refractivity contribution is 0.0468. The Morgan fingerprint density at radius 1 is 1.30 bits per heavy atom. The highest BCUT2D eigenvalue weighted by Gasteiger charge is 2.20. The molecule has 0 aliphatic carbocycles. The molecule has 3 aromatic rings. The molecule has 0 aliphatic heterocycles. The fraction of sp³-hybridized carbons (Fsp3) is 0.250. The van der Waals surface area contributed by atoms with Crippen LogP contribution in [0.25, 0.3) is 5.78 Å². The van der Waals surface area contributed by atoms with Crippen molar-refractivity contribution in [3.05, 3.63) is 58.1 Å². The molecule has 3 rings (SSSR count). The number of carbonyl (C=O) groups excluding carboxylic acids is 1. The van der Waals surface area contributed by atoms with Crippen molar-refractivity contribution in [3.8, 4) is 0 Å². The van der Waals surface area contributed by atoms with Crippen molar-refractivity contribution in [1.29, 1.82) is 0 Å². The molecular formula is C16H15BrN4O2. The van der Waals surface area contributed by atoms with Gasteiger partial charge in [-0.3, -0.25) is 0 Å². The first-order valence-corrected chi connectivity index (χ1v) is 7.96. The van der Waals surface area contributed by atoms with Crippen LogP contribution in [0, 0.1) is 0 Å². The van der Waals surface area contributed by atoms with Crippen LogP contribution in [0.5, 0.6) is 0 Å². The fourth-order valence-electron chi connectivity index (χ4n) is 2.35. The van der Waals surface area contributed by atoms with E-state index in [-0.39, 0.29) is 12.5 Å². The highest BCUT2D eigenvalue weighted by molar-refractivity contribution is 9.10. The molecular weight excluding hydrogens is 360 g/mol. The standard InChI is InChI=1S/C16H15BrN4O2/c1-10(2)14-12(7-18-16-19-9-20-21(14)16)15(22)23-8-11-5-3-4-6-13(11)17/h3-7,9-10H,8H2,1-2H3. The molecule has 0 radical (unpaired) electrons. The maximum absolute atomic E-state index is 12.5. The number of fused-ring (bicyclic) bond motifs is 1. The Balaban J connectivity index is 1.89. The molecule has 7 heteroatoms. The second-order valence-corrected chi connectivity index (χ2v) is 6.21. The van der Waals surface area contributed by atoms with Crippen LogP contribution in [0.1, 0.15) is 41.4 Å².